The maximum Gasteiger partial charge on any atom is 0.219 e. The van der Waals surface area contributed by atoms with Gasteiger partial charge in [0, 0.05) is 83.2 Å². The molecule has 0 spiro atoms. The molecule has 58 heavy (non-hydrogen) atoms. The molecule has 10 nitrogen and oxygen atoms in total. The van der Waals surface area contributed by atoms with Gasteiger partial charge in [-0.15, -0.1) is 45.3 Å². The Bertz CT molecular complexity index is 2840. The van der Waals surface area contributed by atoms with Crippen molar-refractivity contribution in [3.63, 3.8) is 0 Å². The van der Waals surface area contributed by atoms with Crippen LogP contribution in [0.1, 0.15) is 62.6 Å². The smallest absolute Gasteiger partial charge is 0.219 e. The number of nitrogens with zero attached hydrogens (tertiary/aromatic N) is 6. The minimum Gasteiger partial charge on any atom is -0.355 e. The van der Waals surface area contributed by atoms with Crippen LogP contribution in [0.4, 0.5) is 22.7 Å². The van der Waals surface area contributed by atoms with Gasteiger partial charge in [0.05, 0.1) is 48.9 Å². The predicted molar refractivity (Wildman–Crippen MR) is 243 cm³/mol. The Kier molecular flexibility index (Phi) is 10.7. The third-order valence-corrected chi connectivity index (χ3v) is 15.1. The standard InChI is InChI=1S/C22H22N4OS2.C22H20N4OS2/c2*1-13-16(4-3-9-26(13)14(2)27)21-11-17-18(7-8-23-22(17)29-21)25-15-5-6-20-19(10-15)24-12-28-20/h5-8,10-13,16H,3-4,9H2,1-2H3,(H,23,25);4-8,10-13H,3,9H2,1-2H3,(H,23,25). The van der Waals surface area contributed by atoms with Crippen LogP contribution in [0.2, 0.25) is 0 Å². The summed E-state index contributed by atoms with van der Waals surface area (Å²) in [6.07, 6.45) is 9.01. The molecule has 3 unspecified atom stereocenters. The summed E-state index contributed by atoms with van der Waals surface area (Å²) in [5.41, 5.74) is 11.1. The molecular formula is C44H42N8O2S4. The largest absolute Gasteiger partial charge is 0.355 e. The summed E-state index contributed by atoms with van der Waals surface area (Å²) in [7, 11) is 0. The van der Waals surface area contributed by atoms with E-state index in [4.69, 9.17) is 0 Å². The van der Waals surface area contributed by atoms with Crippen LogP contribution in [0.5, 0.6) is 0 Å². The summed E-state index contributed by atoms with van der Waals surface area (Å²) < 4.78 is 2.37. The van der Waals surface area contributed by atoms with Gasteiger partial charge in [-0.3, -0.25) is 9.59 Å². The Morgan fingerprint density at radius 3 is 1.93 bits per heavy atom. The van der Waals surface area contributed by atoms with Crippen LogP contribution < -0.4 is 10.6 Å². The highest BCUT2D eigenvalue weighted by atomic mass is 32.1. The van der Waals surface area contributed by atoms with Crippen LogP contribution in [-0.4, -0.2) is 66.7 Å². The number of aromatic nitrogens is 4. The van der Waals surface area contributed by atoms with E-state index in [9.17, 15) is 9.59 Å². The number of anilines is 4. The lowest BCUT2D eigenvalue weighted by Gasteiger charge is -2.38. The van der Waals surface area contributed by atoms with Gasteiger partial charge in [-0.1, -0.05) is 6.08 Å². The fourth-order valence-corrected chi connectivity index (χ4v) is 11.9. The first-order valence-corrected chi connectivity index (χ1v) is 22.8. The summed E-state index contributed by atoms with van der Waals surface area (Å²) >= 11 is 6.73. The van der Waals surface area contributed by atoms with Gasteiger partial charge in [-0.05, 0) is 99.3 Å². The first-order valence-electron chi connectivity index (χ1n) is 19.4. The molecule has 1 saturated heterocycles. The molecule has 14 heteroatoms. The molecule has 8 heterocycles. The number of hydrogen-bond donors (Lipinski definition) is 2. The molecule has 2 aliphatic rings. The monoisotopic (exact) mass is 842 g/mol. The molecule has 8 aromatic rings. The van der Waals surface area contributed by atoms with Crippen LogP contribution in [0, 0.1) is 0 Å². The Balaban J connectivity index is 0.000000150. The third kappa shape index (κ3) is 7.57. The minimum atomic E-state index is 0.0813. The maximum absolute atomic E-state index is 12.0. The molecule has 6 aromatic heterocycles. The van der Waals surface area contributed by atoms with Crippen molar-refractivity contribution in [3.05, 3.63) is 99.9 Å². The van der Waals surface area contributed by atoms with E-state index in [1.165, 1.54) is 24.7 Å². The molecule has 2 amide bonds. The summed E-state index contributed by atoms with van der Waals surface area (Å²) in [4.78, 5) is 50.4. The maximum atomic E-state index is 12.0. The van der Waals surface area contributed by atoms with Crippen molar-refractivity contribution in [1.82, 2.24) is 29.7 Å². The number of carbonyl (C=O) groups is 2. The molecule has 2 N–H and O–H groups in total. The van der Waals surface area contributed by atoms with Crippen LogP contribution in [0.25, 0.3) is 46.4 Å². The van der Waals surface area contributed by atoms with Crippen molar-refractivity contribution in [2.45, 2.75) is 65.0 Å². The number of benzene rings is 2. The van der Waals surface area contributed by atoms with E-state index >= 15 is 0 Å². The molecule has 0 radical (unpaired) electrons. The van der Waals surface area contributed by atoms with Gasteiger partial charge in [0.15, 0.2) is 0 Å². The molecule has 10 rings (SSSR count). The molecule has 2 aliphatic heterocycles. The first-order chi connectivity index (χ1) is 28.2. The van der Waals surface area contributed by atoms with Gasteiger partial charge in [0.1, 0.15) is 9.66 Å². The fourth-order valence-electron chi connectivity index (χ4n) is 8.22. The molecular weight excluding hydrogens is 801 g/mol. The highest BCUT2D eigenvalue weighted by Crippen LogP contribution is 2.41. The number of thiophene rings is 2. The summed E-state index contributed by atoms with van der Waals surface area (Å²) in [5, 5.41) is 9.31. The summed E-state index contributed by atoms with van der Waals surface area (Å²) in [5.74, 6) is 0.661. The van der Waals surface area contributed by atoms with Gasteiger partial charge < -0.3 is 20.4 Å². The second-order valence-corrected chi connectivity index (χ2v) is 18.6. The van der Waals surface area contributed by atoms with Gasteiger partial charge in [0.25, 0.3) is 0 Å². The van der Waals surface area contributed by atoms with Crippen molar-refractivity contribution in [2.24, 2.45) is 0 Å². The quantitative estimate of drug-likeness (QED) is 0.170. The van der Waals surface area contributed by atoms with Crippen molar-refractivity contribution >= 4 is 126 Å². The average Bonchev–Trinajstić information content (AvgIpc) is 4.04. The highest BCUT2D eigenvalue weighted by Gasteiger charge is 2.32. The number of likely N-dealkylation sites (tertiary alicyclic amines) is 1. The number of rotatable bonds is 6. The van der Waals surface area contributed by atoms with E-state index in [0.29, 0.717) is 5.92 Å². The lowest BCUT2D eigenvalue weighted by molar-refractivity contribution is -0.132. The van der Waals surface area contributed by atoms with E-state index in [1.54, 1.807) is 59.2 Å². The van der Waals surface area contributed by atoms with E-state index in [2.05, 4.69) is 99.0 Å². The number of carbonyl (C=O) groups excluding carboxylic acids is 2. The molecule has 0 saturated carbocycles. The molecule has 0 aliphatic carbocycles. The van der Waals surface area contributed by atoms with Gasteiger partial charge in [-0.2, -0.15) is 0 Å². The lowest BCUT2D eigenvalue weighted by atomic mass is 9.88. The number of nitrogens with one attached hydrogen (secondary N) is 2. The Hall–Kier alpha value is -5.28. The molecule has 294 valence electrons. The third-order valence-electron chi connectivity index (χ3n) is 11.2. The molecule has 1 fully saturated rings. The minimum absolute atomic E-state index is 0.0813. The van der Waals surface area contributed by atoms with E-state index in [1.807, 2.05) is 45.3 Å². The zero-order valence-electron chi connectivity index (χ0n) is 32.6. The van der Waals surface area contributed by atoms with Crippen molar-refractivity contribution < 1.29 is 9.59 Å². The molecule has 0 bridgehead atoms. The van der Waals surface area contributed by atoms with Crippen LogP contribution in [-0.2, 0) is 9.59 Å². The summed E-state index contributed by atoms with van der Waals surface area (Å²) in [6, 6.07) is 21.3. The van der Waals surface area contributed by atoms with E-state index in [0.717, 1.165) is 86.6 Å². The molecule has 2 aromatic carbocycles. The Labute approximate surface area is 352 Å². The lowest BCUT2D eigenvalue weighted by Crippen LogP contribution is -2.44. The fraction of sp³-hybridized carbons (Fsp3) is 0.273. The first kappa shape index (κ1) is 38.2. The zero-order valence-corrected chi connectivity index (χ0v) is 35.8. The average molecular weight is 843 g/mol. The molecule has 3 atom stereocenters. The zero-order chi connectivity index (χ0) is 39.9. The number of thiazole rings is 2. The van der Waals surface area contributed by atoms with Crippen molar-refractivity contribution in [3.8, 4) is 0 Å². The number of piperidine rings is 1. The highest BCUT2D eigenvalue weighted by molar-refractivity contribution is 7.20. The van der Waals surface area contributed by atoms with Gasteiger partial charge >= 0.3 is 0 Å². The van der Waals surface area contributed by atoms with Gasteiger partial charge in [0.2, 0.25) is 11.8 Å². The van der Waals surface area contributed by atoms with Gasteiger partial charge in [-0.25, -0.2) is 19.9 Å². The topological polar surface area (TPSA) is 116 Å². The number of amides is 2. The summed E-state index contributed by atoms with van der Waals surface area (Å²) in [6.45, 7) is 9.24. The van der Waals surface area contributed by atoms with Crippen molar-refractivity contribution in [2.75, 3.05) is 23.7 Å². The second-order valence-electron chi connectivity index (χ2n) is 14.8. The Morgan fingerprint density at radius 2 is 1.31 bits per heavy atom. The van der Waals surface area contributed by atoms with E-state index in [-0.39, 0.29) is 23.9 Å². The van der Waals surface area contributed by atoms with E-state index < -0.39 is 0 Å². The van der Waals surface area contributed by atoms with Crippen LogP contribution in [0.15, 0.2) is 90.2 Å². The van der Waals surface area contributed by atoms with Crippen LogP contribution in [0.3, 0.4) is 0 Å². The SMILES string of the molecule is CC(=O)N1CCC=C(c2cc3c(Nc4ccc5scnc5c4)ccnc3s2)C1C.CC(=O)N1CCCC(c2cc3c(Nc4ccc5scnc5c4)ccnc3s2)C1C. The van der Waals surface area contributed by atoms with Crippen LogP contribution >= 0.6 is 45.3 Å². The number of hydrogen-bond acceptors (Lipinski definition) is 12. The van der Waals surface area contributed by atoms with Crippen molar-refractivity contribution in [1.29, 1.82) is 0 Å². The normalized spacial score (nSPS) is 18.3. The second kappa shape index (κ2) is 16.2. The number of fused-ring (bicyclic) bond motifs is 4. The number of pyridine rings is 2. The Morgan fingerprint density at radius 1 is 0.707 bits per heavy atom. The predicted octanol–water partition coefficient (Wildman–Crippen LogP) is 11.4.